The molecule has 0 unspecified atom stereocenters. The van der Waals surface area contributed by atoms with Crippen molar-refractivity contribution in [2.45, 2.75) is 25.7 Å². The summed E-state index contributed by atoms with van der Waals surface area (Å²) in [6.45, 7) is 0. The molecule has 1 aromatic rings. The second-order valence-electron chi connectivity index (χ2n) is 4.03. The number of Topliss-reactive ketones (excluding diaryl/α,β-unsaturated/α-hetero) is 1. The average Bonchev–Trinajstić information content (AvgIpc) is 2.82. The maximum Gasteiger partial charge on any atom is 0.165 e. The fourth-order valence-electron chi connectivity index (χ4n) is 2.13. The van der Waals surface area contributed by atoms with Crippen molar-refractivity contribution < 1.29 is 4.79 Å². The lowest BCUT2D eigenvalue weighted by atomic mass is 9.96. The van der Waals surface area contributed by atoms with Crippen molar-refractivity contribution in [3.63, 3.8) is 0 Å². The SMILES string of the molecule is N#Cc1ccc(C(=O)C2CCCC2)cc1. The normalized spacial score (nSPS) is 16.2. The maximum absolute atomic E-state index is 12.0. The molecular formula is C13H13NO. The van der Waals surface area contributed by atoms with Crippen molar-refractivity contribution in [2.24, 2.45) is 5.92 Å². The number of hydrogen-bond donors (Lipinski definition) is 0. The van der Waals surface area contributed by atoms with Crippen LogP contribution in [0.25, 0.3) is 0 Å². The third-order valence-corrected chi connectivity index (χ3v) is 3.02. The van der Waals surface area contributed by atoms with Gasteiger partial charge in [0.1, 0.15) is 0 Å². The molecule has 1 aliphatic carbocycles. The Kier molecular flexibility index (Phi) is 2.82. The molecule has 1 aliphatic rings. The van der Waals surface area contributed by atoms with E-state index in [1.54, 1.807) is 24.3 Å². The quantitative estimate of drug-likeness (QED) is 0.687. The van der Waals surface area contributed by atoms with Gasteiger partial charge in [-0.05, 0) is 25.0 Å². The summed E-state index contributed by atoms with van der Waals surface area (Å²) in [5.74, 6) is 0.468. The summed E-state index contributed by atoms with van der Waals surface area (Å²) in [5.41, 5.74) is 1.36. The van der Waals surface area contributed by atoms with E-state index in [9.17, 15) is 4.79 Å². The van der Waals surface area contributed by atoms with Gasteiger partial charge in [0.15, 0.2) is 5.78 Å². The molecule has 0 aliphatic heterocycles. The average molecular weight is 199 g/mol. The molecule has 0 heterocycles. The lowest BCUT2D eigenvalue weighted by Crippen LogP contribution is -2.10. The van der Waals surface area contributed by atoms with Gasteiger partial charge in [-0.15, -0.1) is 0 Å². The van der Waals surface area contributed by atoms with E-state index in [1.807, 2.05) is 0 Å². The van der Waals surface area contributed by atoms with E-state index >= 15 is 0 Å². The third kappa shape index (κ3) is 2.07. The van der Waals surface area contributed by atoms with E-state index in [1.165, 1.54) is 12.8 Å². The highest BCUT2D eigenvalue weighted by atomic mass is 16.1. The number of carbonyl (C=O) groups is 1. The summed E-state index contributed by atoms with van der Waals surface area (Å²) < 4.78 is 0. The van der Waals surface area contributed by atoms with Crippen molar-refractivity contribution in [1.82, 2.24) is 0 Å². The molecule has 0 saturated heterocycles. The van der Waals surface area contributed by atoms with Crippen LogP contribution in [-0.2, 0) is 0 Å². The van der Waals surface area contributed by atoms with Gasteiger partial charge < -0.3 is 0 Å². The van der Waals surface area contributed by atoms with Crippen LogP contribution < -0.4 is 0 Å². The number of rotatable bonds is 2. The number of carbonyl (C=O) groups excluding carboxylic acids is 1. The standard InChI is InChI=1S/C13H13NO/c14-9-10-5-7-12(8-6-10)13(15)11-3-1-2-4-11/h5-8,11H,1-4H2. The highest BCUT2D eigenvalue weighted by Crippen LogP contribution is 2.27. The summed E-state index contributed by atoms with van der Waals surface area (Å²) in [6.07, 6.45) is 4.40. The molecule has 2 nitrogen and oxygen atoms in total. The van der Waals surface area contributed by atoms with Gasteiger partial charge in [0.05, 0.1) is 11.6 Å². The molecule has 0 radical (unpaired) electrons. The largest absolute Gasteiger partial charge is 0.294 e. The summed E-state index contributed by atoms with van der Waals surface area (Å²) in [5, 5.41) is 8.64. The van der Waals surface area contributed by atoms with E-state index in [0.29, 0.717) is 5.56 Å². The van der Waals surface area contributed by atoms with Crippen LogP contribution in [0.15, 0.2) is 24.3 Å². The molecule has 0 N–H and O–H groups in total. The summed E-state index contributed by atoms with van der Waals surface area (Å²) in [7, 11) is 0. The monoisotopic (exact) mass is 199 g/mol. The molecular weight excluding hydrogens is 186 g/mol. The van der Waals surface area contributed by atoms with Crippen LogP contribution in [0.5, 0.6) is 0 Å². The van der Waals surface area contributed by atoms with E-state index in [2.05, 4.69) is 6.07 Å². The first-order valence-corrected chi connectivity index (χ1v) is 5.35. The molecule has 0 atom stereocenters. The highest BCUT2D eigenvalue weighted by Gasteiger charge is 2.23. The Morgan fingerprint density at radius 1 is 1.20 bits per heavy atom. The molecule has 2 rings (SSSR count). The number of hydrogen-bond acceptors (Lipinski definition) is 2. The van der Waals surface area contributed by atoms with E-state index in [4.69, 9.17) is 5.26 Å². The summed E-state index contributed by atoms with van der Waals surface area (Å²) >= 11 is 0. The molecule has 2 heteroatoms. The molecule has 1 aromatic carbocycles. The van der Waals surface area contributed by atoms with Gasteiger partial charge in [0.25, 0.3) is 0 Å². The van der Waals surface area contributed by atoms with E-state index in [-0.39, 0.29) is 11.7 Å². The fourth-order valence-corrected chi connectivity index (χ4v) is 2.13. The number of benzene rings is 1. The van der Waals surface area contributed by atoms with Crippen LogP contribution >= 0.6 is 0 Å². The molecule has 76 valence electrons. The van der Waals surface area contributed by atoms with Gasteiger partial charge >= 0.3 is 0 Å². The zero-order valence-corrected chi connectivity index (χ0v) is 8.57. The first-order valence-electron chi connectivity index (χ1n) is 5.35. The van der Waals surface area contributed by atoms with Gasteiger partial charge in [-0.3, -0.25) is 4.79 Å². The number of nitriles is 1. The van der Waals surface area contributed by atoms with E-state index in [0.717, 1.165) is 18.4 Å². The topological polar surface area (TPSA) is 40.9 Å². The zero-order chi connectivity index (χ0) is 10.7. The van der Waals surface area contributed by atoms with Gasteiger partial charge in [0, 0.05) is 11.5 Å². The van der Waals surface area contributed by atoms with Gasteiger partial charge in [-0.1, -0.05) is 25.0 Å². The molecule has 0 aromatic heterocycles. The minimum absolute atomic E-state index is 0.220. The van der Waals surface area contributed by atoms with Crippen molar-refractivity contribution >= 4 is 5.78 Å². The van der Waals surface area contributed by atoms with E-state index < -0.39 is 0 Å². The van der Waals surface area contributed by atoms with Crippen molar-refractivity contribution in [3.8, 4) is 6.07 Å². The lowest BCUT2D eigenvalue weighted by Gasteiger charge is -2.07. The van der Waals surface area contributed by atoms with Crippen LogP contribution in [0.3, 0.4) is 0 Å². The van der Waals surface area contributed by atoms with Crippen molar-refractivity contribution in [1.29, 1.82) is 5.26 Å². The second-order valence-corrected chi connectivity index (χ2v) is 4.03. The first-order chi connectivity index (χ1) is 7.31. The third-order valence-electron chi connectivity index (χ3n) is 3.02. The zero-order valence-electron chi connectivity index (χ0n) is 8.57. The molecule has 1 saturated carbocycles. The predicted octanol–water partition coefficient (Wildman–Crippen LogP) is 2.93. The maximum atomic E-state index is 12.0. The number of nitrogens with zero attached hydrogens (tertiary/aromatic N) is 1. The van der Waals surface area contributed by atoms with Crippen molar-refractivity contribution in [2.75, 3.05) is 0 Å². The Balaban J connectivity index is 2.15. The molecule has 1 fully saturated rings. The lowest BCUT2D eigenvalue weighted by molar-refractivity contribution is 0.0923. The summed E-state index contributed by atoms with van der Waals surface area (Å²) in [4.78, 5) is 12.0. The van der Waals surface area contributed by atoms with Crippen LogP contribution in [-0.4, -0.2) is 5.78 Å². The molecule has 15 heavy (non-hydrogen) atoms. The smallest absolute Gasteiger partial charge is 0.165 e. The van der Waals surface area contributed by atoms with Crippen LogP contribution in [0, 0.1) is 17.2 Å². The number of ketones is 1. The predicted molar refractivity (Wildman–Crippen MR) is 57.4 cm³/mol. The van der Waals surface area contributed by atoms with Gasteiger partial charge in [-0.25, -0.2) is 0 Å². The van der Waals surface area contributed by atoms with Gasteiger partial charge in [0.2, 0.25) is 0 Å². The first kappa shape index (κ1) is 9.92. The molecule has 0 bridgehead atoms. The van der Waals surface area contributed by atoms with Crippen LogP contribution in [0.4, 0.5) is 0 Å². The molecule has 0 amide bonds. The minimum atomic E-state index is 0.220. The Bertz CT molecular complexity index is 394. The Labute approximate surface area is 89.5 Å². The fraction of sp³-hybridized carbons (Fsp3) is 0.385. The summed E-state index contributed by atoms with van der Waals surface area (Å²) in [6, 6.07) is 9.00. The van der Waals surface area contributed by atoms with Crippen molar-refractivity contribution in [3.05, 3.63) is 35.4 Å². The Hall–Kier alpha value is -1.62. The highest BCUT2D eigenvalue weighted by molar-refractivity contribution is 5.98. The van der Waals surface area contributed by atoms with Crippen LogP contribution in [0.2, 0.25) is 0 Å². The van der Waals surface area contributed by atoms with Gasteiger partial charge in [-0.2, -0.15) is 5.26 Å². The minimum Gasteiger partial charge on any atom is -0.294 e. The Morgan fingerprint density at radius 3 is 2.33 bits per heavy atom. The van der Waals surface area contributed by atoms with Crippen LogP contribution in [0.1, 0.15) is 41.6 Å². The molecule has 0 spiro atoms. The Morgan fingerprint density at radius 2 is 1.80 bits per heavy atom. The second kappa shape index (κ2) is 4.27.